The molecule has 0 aliphatic carbocycles. The Balaban J connectivity index is 2.20. The number of para-hydroxylation sites is 1. The standard InChI is InChI=1S/C17H13N5O/c1-22(16-8-3-2-4-9-16)17(23)13-6-5-7-14(10-13)20-21-15(11-18)12-19/h2-10,20H,1H3. The molecular weight excluding hydrogens is 290 g/mol. The number of rotatable bonds is 4. The van der Waals surface area contributed by atoms with E-state index >= 15 is 0 Å². The maximum absolute atomic E-state index is 12.5. The van der Waals surface area contributed by atoms with Crippen molar-refractivity contribution in [1.29, 1.82) is 10.5 Å². The fourth-order valence-electron chi connectivity index (χ4n) is 1.88. The summed E-state index contributed by atoms with van der Waals surface area (Å²) >= 11 is 0. The summed E-state index contributed by atoms with van der Waals surface area (Å²) in [7, 11) is 1.69. The smallest absolute Gasteiger partial charge is 0.258 e. The Labute approximate surface area is 133 Å². The lowest BCUT2D eigenvalue weighted by atomic mass is 10.1. The first-order chi connectivity index (χ1) is 11.2. The third-order valence-electron chi connectivity index (χ3n) is 3.07. The van der Waals surface area contributed by atoms with Crippen LogP contribution in [0.25, 0.3) is 0 Å². The Bertz CT molecular complexity index is 799. The van der Waals surface area contributed by atoms with Gasteiger partial charge in [-0.2, -0.15) is 15.6 Å². The highest BCUT2D eigenvalue weighted by molar-refractivity contribution is 6.10. The number of hydrogen-bond donors (Lipinski definition) is 1. The molecule has 2 aromatic rings. The van der Waals surface area contributed by atoms with Crippen LogP contribution >= 0.6 is 0 Å². The molecule has 6 nitrogen and oxygen atoms in total. The molecule has 6 heteroatoms. The van der Waals surface area contributed by atoms with Crippen LogP contribution in [0.3, 0.4) is 0 Å². The molecule has 0 fully saturated rings. The molecule has 0 aromatic heterocycles. The van der Waals surface area contributed by atoms with Crippen LogP contribution in [-0.4, -0.2) is 18.7 Å². The Hall–Kier alpha value is -3.64. The van der Waals surface area contributed by atoms with Crippen molar-refractivity contribution in [2.45, 2.75) is 0 Å². The van der Waals surface area contributed by atoms with E-state index in [0.717, 1.165) is 5.69 Å². The van der Waals surface area contributed by atoms with Gasteiger partial charge >= 0.3 is 0 Å². The molecule has 0 atom stereocenters. The second-order valence-electron chi connectivity index (χ2n) is 4.58. The van der Waals surface area contributed by atoms with Crippen molar-refractivity contribution in [1.82, 2.24) is 0 Å². The summed E-state index contributed by atoms with van der Waals surface area (Å²) in [5.74, 6) is -0.176. The van der Waals surface area contributed by atoms with Crippen molar-refractivity contribution < 1.29 is 4.79 Å². The number of anilines is 2. The molecule has 1 N–H and O–H groups in total. The molecule has 0 bridgehead atoms. The second kappa shape index (κ2) is 7.39. The van der Waals surface area contributed by atoms with Crippen LogP contribution in [-0.2, 0) is 0 Å². The number of carbonyl (C=O) groups is 1. The van der Waals surface area contributed by atoms with Gasteiger partial charge in [-0.15, -0.1) is 0 Å². The van der Waals surface area contributed by atoms with Crippen molar-refractivity contribution in [3.63, 3.8) is 0 Å². The van der Waals surface area contributed by atoms with Crippen LogP contribution < -0.4 is 10.3 Å². The monoisotopic (exact) mass is 303 g/mol. The lowest BCUT2D eigenvalue weighted by molar-refractivity contribution is 0.0993. The fraction of sp³-hybridized carbons (Fsp3) is 0.0588. The first kappa shape index (κ1) is 15.7. The molecule has 2 rings (SSSR count). The molecule has 0 aliphatic rings. The zero-order valence-corrected chi connectivity index (χ0v) is 12.4. The van der Waals surface area contributed by atoms with Gasteiger partial charge in [0.05, 0.1) is 5.69 Å². The summed E-state index contributed by atoms with van der Waals surface area (Å²) < 4.78 is 0. The van der Waals surface area contributed by atoms with Gasteiger partial charge in [-0.25, -0.2) is 0 Å². The molecular formula is C17H13N5O. The summed E-state index contributed by atoms with van der Waals surface area (Å²) in [4.78, 5) is 14.0. The van der Waals surface area contributed by atoms with E-state index in [1.807, 2.05) is 30.3 Å². The highest BCUT2D eigenvalue weighted by Gasteiger charge is 2.13. The number of nitrogens with one attached hydrogen (secondary N) is 1. The number of hydrogen-bond acceptors (Lipinski definition) is 5. The molecule has 0 unspecified atom stereocenters. The quantitative estimate of drug-likeness (QED) is 0.694. The van der Waals surface area contributed by atoms with Crippen LogP contribution in [0.1, 0.15) is 10.4 Å². The molecule has 0 heterocycles. The van der Waals surface area contributed by atoms with Crippen LogP contribution in [0, 0.1) is 22.7 Å². The largest absolute Gasteiger partial charge is 0.311 e. The third-order valence-corrected chi connectivity index (χ3v) is 3.07. The minimum Gasteiger partial charge on any atom is -0.311 e. The zero-order chi connectivity index (χ0) is 16.7. The van der Waals surface area contributed by atoms with Crippen molar-refractivity contribution >= 4 is 23.0 Å². The van der Waals surface area contributed by atoms with Crippen molar-refractivity contribution in [3.8, 4) is 12.1 Å². The van der Waals surface area contributed by atoms with Gasteiger partial charge in [0.1, 0.15) is 12.1 Å². The summed E-state index contributed by atoms with van der Waals surface area (Å²) in [5, 5.41) is 20.9. The normalized spacial score (nSPS) is 9.17. The molecule has 23 heavy (non-hydrogen) atoms. The molecule has 1 amide bonds. The first-order valence-corrected chi connectivity index (χ1v) is 6.73. The van der Waals surface area contributed by atoms with Crippen molar-refractivity contribution in [2.24, 2.45) is 5.10 Å². The van der Waals surface area contributed by atoms with Gasteiger partial charge in [0, 0.05) is 18.3 Å². The number of carbonyl (C=O) groups excluding carboxylic acids is 1. The van der Waals surface area contributed by atoms with E-state index in [1.54, 1.807) is 48.4 Å². The van der Waals surface area contributed by atoms with Crippen LogP contribution in [0.15, 0.2) is 59.7 Å². The molecule has 0 spiro atoms. The number of hydrazone groups is 1. The minimum atomic E-state index is -0.289. The van der Waals surface area contributed by atoms with Crippen LogP contribution in [0.5, 0.6) is 0 Å². The van der Waals surface area contributed by atoms with E-state index in [9.17, 15) is 4.79 Å². The van der Waals surface area contributed by atoms with Gasteiger partial charge in [0.25, 0.3) is 5.91 Å². The van der Waals surface area contributed by atoms with E-state index in [4.69, 9.17) is 10.5 Å². The summed E-state index contributed by atoms with van der Waals surface area (Å²) in [6.07, 6.45) is 0. The molecule has 0 radical (unpaired) electrons. The van der Waals surface area contributed by atoms with Crippen LogP contribution in [0.2, 0.25) is 0 Å². The third kappa shape index (κ3) is 3.93. The van der Waals surface area contributed by atoms with E-state index < -0.39 is 0 Å². The van der Waals surface area contributed by atoms with E-state index in [1.165, 1.54) is 0 Å². The maximum Gasteiger partial charge on any atom is 0.258 e. The van der Waals surface area contributed by atoms with Gasteiger partial charge in [0.2, 0.25) is 5.71 Å². The predicted octanol–water partition coefficient (Wildman–Crippen LogP) is 2.78. The number of benzene rings is 2. The minimum absolute atomic E-state index is 0.176. The molecule has 0 aliphatic heterocycles. The van der Waals surface area contributed by atoms with E-state index in [0.29, 0.717) is 11.3 Å². The average Bonchev–Trinajstić information content (AvgIpc) is 2.62. The zero-order valence-electron chi connectivity index (χ0n) is 12.4. The van der Waals surface area contributed by atoms with Crippen LogP contribution in [0.4, 0.5) is 11.4 Å². The summed E-state index contributed by atoms with van der Waals surface area (Å²) in [5.41, 5.74) is 4.07. The maximum atomic E-state index is 12.5. The average molecular weight is 303 g/mol. The lowest BCUT2D eigenvalue weighted by Gasteiger charge is -2.17. The Morgan fingerprint density at radius 3 is 2.43 bits per heavy atom. The molecule has 112 valence electrons. The molecule has 0 saturated heterocycles. The topological polar surface area (TPSA) is 92.3 Å². The highest BCUT2D eigenvalue weighted by Crippen LogP contribution is 2.17. The number of nitrogens with zero attached hydrogens (tertiary/aromatic N) is 4. The molecule has 0 saturated carbocycles. The van der Waals surface area contributed by atoms with Crippen molar-refractivity contribution in [2.75, 3.05) is 17.4 Å². The van der Waals surface area contributed by atoms with E-state index in [2.05, 4.69) is 10.5 Å². The van der Waals surface area contributed by atoms with Gasteiger partial charge in [-0.1, -0.05) is 24.3 Å². The van der Waals surface area contributed by atoms with E-state index in [-0.39, 0.29) is 11.6 Å². The summed E-state index contributed by atoms with van der Waals surface area (Å²) in [6, 6.07) is 19.3. The van der Waals surface area contributed by atoms with Crippen molar-refractivity contribution in [3.05, 3.63) is 60.2 Å². The fourth-order valence-corrected chi connectivity index (χ4v) is 1.88. The van der Waals surface area contributed by atoms with Gasteiger partial charge in [0.15, 0.2) is 0 Å². The predicted molar refractivity (Wildman–Crippen MR) is 87.9 cm³/mol. The SMILES string of the molecule is CN(C(=O)c1cccc(NN=C(C#N)C#N)c1)c1ccccc1. The lowest BCUT2D eigenvalue weighted by Crippen LogP contribution is -2.26. The Morgan fingerprint density at radius 1 is 1.09 bits per heavy atom. The Morgan fingerprint density at radius 2 is 1.78 bits per heavy atom. The summed E-state index contributed by atoms with van der Waals surface area (Å²) in [6.45, 7) is 0. The molecule has 2 aromatic carbocycles. The highest BCUT2D eigenvalue weighted by atomic mass is 16.2. The van der Waals surface area contributed by atoms with Gasteiger partial charge < -0.3 is 4.90 Å². The second-order valence-corrected chi connectivity index (χ2v) is 4.58. The first-order valence-electron chi connectivity index (χ1n) is 6.73. The Kier molecular flexibility index (Phi) is 5.06. The van der Waals surface area contributed by atoms with Gasteiger partial charge in [-0.3, -0.25) is 10.2 Å². The van der Waals surface area contributed by atoms with Gasteiger partial charge in [-0.05, 0) is 30.3 Å². The number of nitriles is 2. The number of amides is 1.